The molecule has 0 heterocycles. The average Bonchev–Trinajstić information content (AvgIpc) is 2.39. The van der Waals surface area contributed by atoms with Crippen molar-refractivity contribution in [3.05, 3.63) is 0 Å². The molecule has 3 N–H and O–H groups in total. The third-order valence-electron chi connectivity index (χ3n) is 4.47. The van der Waals surface area contributed by atoms with Crippen molar-refractivity contribution in [1.29, 1.82) is 0 Å². The summed E-state index contributed by atoms with van der Waals surface area (Å²) in [7, 11) is -3.15. The van der Waals surface area contributed by atoms with Crippen LogP contribution in [0.5, 0.6) is 0 Å². The fourth-order valence-electron chi connectivity index (χ4n) is 3.17. The van der Waals surface area contributed by atoms with Gasteiger partial charge in [0.2, 0.25) is 10.0 Å². The molecule has 2 fully saturated rings. The Morgan fingerprint density at radius 1 is 1.00 bits per heavy atom. The van der Waals surface area contributed by atoms with Gasteiger partial charge in [0.25, 0.3) is 0 Å². The Morgan fingerprint density at radius 3 is 2.17 bits per heavy atom. The zero-order valence-electron chi connectivity index (χ0n) is 11.2. The van der Waals surface area contributed by atoms with Gasteiger partial charge in [0, 0.05) is 12.1 Å². The number of hydrogen-bond acceptors (Lipinski definition) is 3. The Morgan fingerprint density at radius 2 is 1.56 bits per heavy atom. The Hall–Kier alpha value is -0.130. The molecular formula is C13H26N2O2S. The monoisotopic (exact) mass is 274 g/mol. The van der Waals surface area contributed by atoms with E-state index < -0.39 is 10.0 Å². The molecule has 0 aromatic rings. The van der Waals surface area contributed by atoms with Crippen LogP contribution in [0.1, 0.15) is 64.2 Å². The van der Waals surface area contributed by atoms with Crippen LogP contribution in [0.4, 0.5) is 0 Å². The van der Waals surface area contributed by atoms with Crippen LogP contribution in [0, 0.1) is 0 Å². The van der Waals surface area contributed by atoms with Crippen molar-refractivity contribution in [3.63, 3.8) is 0 Å². The minimum absolute atomic E-state index is 0.182. The lowest BCUT2D eigenvalue weighted by Gasteiger charge is -2.34. The Labute approximate surface area is 111 Å². The van der Waals surface area contributed by atoms with Crippen LogP contribution in [0.2, 0.25) is 0 Å². The highest BCUT2D eigenvalue weighted by molar-refractivity contribution is 7.90. The van der Waals surface area contributed by atoms with E-state index >= 15 is 0 Å². The summed E-state index contributed by atoms with van der Waals surface area (Å²) in [5.74, 6) is 0. The van der Waals surface area contributed by atoms with Gasteiger partial charge in [0.05, 0.1) is 5.25 Å². The van der Waals surface area contributed by atoms with Crippen LogP contribution in [-0.4, -0.2) is 25.8 Å². The van der Waals surface area contributed by atoms with Crippen LogP contribution in [0.15, 0.2) is 0 Å². The molecule has 0 bridgehead atoms. The molecule has 2 rings (SSSR count). The predicted molar refractivity (Wildman–Crippen MR) is 73.8 cm³/mol. The molecule has 0 atom stereocenters. The first-order valence-corrected chi connectivity index (χ1v) is 8.84. The standard InChI is InChI=1S/C13H26N2O2S/c14-13(9-5-2-6-10-13)11-15-18(16,17)12-7-3-1-4-8-12/h12,15H,1-11,14H2. The van der Waals surface area contributed by atoms with Gasteiger partial charge in [-0.05, 0) is 25.7 Å². The maximum Gasteiger partial charge on any atom is 0.214 e. The highest BCUT2D eigenvalue weighted by Crippen LogP contribution is 2.27. The van der Waals surface area contributed by atoms with Gasteiger partial charge in [-0.25, -0.2) is 13.1 Å². The highest BCUT2D eigenvalue weighted by Gasteiger charge is 2.32. The van der Waals surface area contributed by atoms with Crippen LogP contribution < -0.4 is 10.5 Å². The van der Waals surface area contributed by atoms with Gasteiger partial charge >= 0.3 is 0 Å². The second kappa shape index (κ2) is 5.88. The topological polar surface area (TPSA) is 72.2 Å². The van der Waals surface area contributed by atoms with Gasteiger partial charge in [-0.15, -0.1) is 0 Å². The molecule has 2 aliphatic carbocycles. The van der Waals surface area contributed by atoms with Gasteiger partial charge in [-0.1, -0.05) is 38.5 Å². The molecule has 4 nitrogen and oxygen atoms in total. The zero-order chi connectivity index (χ0) is 13.1. The summed E-state index contributed by atoms with van der Waals surface area (Å²) in [6, 6.07) is 0. The first-order valence-electron chi connectivity index (χ1n) is 7.29. The van der Waals surface area contributed by atoms with Crippen molar-refractivity contribution in [3.8, 4) is 0 Å². The molecule has 0 aromatic carbocycles. The quantitative estimate of drug-likeness (QED) is 0.822. The van der Waals surface area contributed by atoms with Crippen molar-refractivity contribution in [2.45, 2.75) is 75.0 Å². The molecule has 0 amide bonds. The molecular weight excluding hydrogens is 248 g/mol. The Kier molecular flexibility index (Phi) is 4.67. The molecule has 0 unspecified atom stereocenters. The van der Waals surface area contributed by atoms with E-state index in [1.54, 1.807) is 0 Å². The van der Waals surface area contributed by atoms with Crippen LogP contribution >= 0.6 is 0 Å². The van der Waals surface area contributed by atoms with E-state index in [0.717, 1.165) is 51.4 Å². The second-order valence-corrected chi connectivity index (χ2v) is 8.09. The third-order valence-corrected chi connectivity index (χ3v) is 6.36. The van der Waals surface area contributed by atoms with Crippen molar-refractivity contribution < 1.29 is 8.42 Å². The second-order valence-electron chi connectivity index (χ2n) is 6.05. The van der Waals surface area contributed by atoms with E-state index in [0.29, 0.717) is 6.54 Å². The van der Waals surface area contributed by atoms with E-state index in [9.17, 15) is 8.42 Å². The molecule has 5 heteroatoms. The highest BCUT2D eigenvalue weighted by atomic mass is 32.2. The first kappa shape index (κ1) is 14.3. The molecule has 2 aliphatic rings. The molecule has 0 saturated heterocycles. The van der Waals surface area contributed by atoms with Crippen molar-refractivity contribution >= 4 is 10.0 Å². The number of sulfonamides is 1. The summed E-state index contributed by atoms with van der Waals surface area (Å²) in [6.07, 6.45) is 10.3. The fraction of sp³-hybridized carbons (Fsp3) is 1.00. The number of hydrogen-bond donors (Lipinski definition) is 2. The smallest absolute Gasteiger partial charge is 0.214 e. The summed E-state index contributed by atoms with van der Waals surface area (Å²) >= 11 is 0. The molecule has 106 valence electrons. The summed E-state index contributed by atoms with van der Waals surface area (Å²) in [5.41, 5.74) is 5.96. The van der Waals surface area contributed by atoms with E-state index in [-0.39, 0.29) is 10.8 Å². The summed E-state index contributed by atoms with van der Waals surface area (Å²) in [6.45, 7) is 0.422. The lowest BCUT2D eigenvalue weighted by Crippen LogP contribution is -2.52. The molecule has 0 spiro atoms. The SMILES string of the molecule is NC1(CNS(=O)(=O)C2CCCCC2)CCCCC1. The maximum absolute atomic E-state index is 12.2. The molecule has 18 heavy (non-hydrogen) atoms. The lowest BCUT2D eigenvalue weighted by atomic mass is 9.83. The van der Waals surface area contributed by atoms with Gasteiger partial charge < -0.3 is 5.73 Å². The van der Waals surface area contributed by atoms with Gasteiger partial charge in [-0.3, -0.25) is 0 Å². The average molecular weight is 274 g/mol. The summed E-state index contributed by atoms with van der Waals surface area (Å²) in [5, 5.41) is -0.182. The van der Waals surface area contributed by atoms with Crippen molar-refractivity contribution in [2.24, 2.45) is 5.73 Å². The minimum Gasteiger partial charge on any atom is -0.324 e. The lowest BCUT2D eigenvalue weighted by molar-refractivity contribution is 0.295. The molecule has 0 radical (unpaired) electrons. The van der Waals surface area contributed by atoms with E-state index in [1.165, 1.54) is 12.8 Å². The Balaban J connectivity index is 1.87. The Bertz CT molecular complexity index is 355. The van der Waals surface area contributed by atoms with Crippen molar-refractivity contribution in [2.75, 3.05) is 6.54 Å². The van der Waals surface area contributed by atoms with Crippen LogP contribution in [0.3, 0.4) is 0 Å². The fourth-order valence-corrected chi connectivity index (χ4v) is 4.85. The number of nitrogens with one attached hydrogen (secondary N) is 1. The number of nitrogens with two attached hydrogens (primary N) is 1. The van der Waals surface area contributed by atoms with Gasteiger partial charge in [0.15, 0.2) is 0 Å². The largest absolute Gasteiger partial charge is 0.324 e. The maximum atomic E-state index is 12.2. The molecule has 2 saturated carbocycles. The molecule has 0 aliphatic heterocycles. The van der Waals surface area contributed by atoms with Gasteiger partial charge in [-0.2, -0.15) is 0 Å². The van der Waals surface area contributed by atoms with E-state index in [4.69, 9.17) is 5.73 Å². The van der Waals surface area contributed by atoms with Crippen LogP contribution in [-0.2, 0) is 10.0 Å². The number of rotatable bonds is 4. The van der Waals surface area contributed by atoms with E-state index in [1.807, 2.05) is 0 Å². The van der Waals surface area contributed by atoms with Gasteiger partial charge in [0.1, 0.15) is 0 Å². The third kappa shape index (κ3) is 3.68. The minimum atomic E-state index is -3.15. The summed E-state index contributed by atoms with van der Waals surface area (Å²) in [4.78, 5) is 0. The van der Waals surface area contributed by atoms with Crippen molar-refractivity contribution in [1.82, 2.24) is 4.72 Å². The predicted octanol–water partition coefficient (Wildman–Crippen LogP) is 1.90. The zero-order valence-corrected chi connectivity index (χ0v) is 12.0. The summed E-state index contributed by atoms with van der Waals surface area (Å²) < 4.78 is 27.2. The normalized spacial score (nSPS) is 26.1. The van der Waals surface area contributed by atoms with Crippen LogP contribution in [0.25, 0.3) is 0 Å². The first-order chi connectivity index (χ1) is 8.52. The van der Waals surface area contributed by atoms with E-state index in [2.05, 4.69) is 4.72 Å². The molecule has 0 aromatic heterocycles.